The first kappa shape index (κ1) is 23.2. The molecule has 174 valence electrons. The van der Waals surface area contributed by atoms with Crippen molar-refractivity contribution in [2.24, 2.45) is 0 Å². The Kier molecular flexibility index (Phi) is 6.73. The molecule has 0 N–H and O–H groups in total. The molecule has 1 aliphatic heterocycles. The number of hydrogen-bond donors (Lipinski definition) is 0. The molecule has 4 rings (SSSR count). The molecule has 1 fully saturated rings. The molecule has 1 amide bonds. The van der Waals surface area contributed by atoms with Gasteiger partial charge in [0.05, 0.1) is 18.2 Å². The van der Waals surface area contributed by atoms with Crippen LogP contribution in [0.5, 0.6) is 5.75 Å². The van der Waals surface area contributed by atoms with Crippen molar-refractivity contribution in [3.8, 4) is 17.6 Å². The van der Waals surface area contributed by atoms with E-state index in [1.165, 1.54) is 19.2 Å². The van der Waals surface area contributed by atoms with Crippen LogP contribution in [0.2, 0.25) is 0 Å². The minimum atomic E-state index is -4.44. The van der Waals surface area contributed by atoms with Gasteiger partial charge >= 0.3 is 6.18 Å². The molecule has 0 unspecified atom stereocenters. The maximum Gasteiger partial charge on any atom is 0.416 e. The summed E-state index contributed by atoms with van der Waals surface area (Å²) in [5.41, 5.74) is 0.331. The van der Waals surface area contributed by atoms with Gasteiger partial charge in [0.15, 0.2) is 0 Å². The normalized spacial score (nSPS) is 13.8. The van der Waals surface area contributed by atoms with E-state index in [0.717, 1.165) is 18.0 Å². The predicted octanol–water partition coefficient (Wildman–Crippen LogP) is 4.47. The lowest BCUT2D eigenvalue weighted by atomic mass is 10.1. The molecule has 34 heavy (non-hydrogen) atoms. The van der Waals surface area contributed by atoms with Crippen LogP contribution in [-0.4, -0.2) is 49.1 Å². The monoisotopic (exact) mass is 465 g/mol. The number of aromatic nitrogens is 1. The molecule has 0 bridgehead atoms. The summed E-state index contributed by atoms with van der Waals surface area (Å²) in [4.78, 5) is 21.4. The van der Waals surface area contributed by atoms with Crippen LogP contribution >= 0.6 is 0 Å². The van der Waals surface area contributed by atoms with Gasteiger partial charge in [0.25, 0.3) is 5.91 Å². The highest BCUT2D eigenvalue weighted by molar-refractivity contribution is 5.95. The fourth-order valence-corrected chi connectivity index (χ4v) is 3.71. The summed E-state index contributed by atoms with van der Waals surface area (Å²) in [7, 11) is 1.48. The van der Waals surface area contributed by atoms with Gasteiger partial charge in [-0.3, -0.25) is 4.79 Å². The summed E-state index contributed by atoms with van der Waals surface area (Å²) in [5, 5.41) is 0. The summed E-state index contributed by atoms with van der Waals surface area (Å²) in [6, 6.07) is 15.5. The second-order valence-corrected chi connectivity index (χ2v) is 7.71. The topological polar surface area (TPSA) is 45.7 Å². The number of anilines is 1. The summed E-state index contributed by atoms with van der Waals surface area (Å²) in [5.74, 6) is 6.79. The molecule has 0 saturated carbocycles. The van der Waals surface area contributed by atoms with Crippen molar-refractivity contribution in [2.45, 2.75) is 6.18 Å². The first-order valence-corrected chi connectivity index (χ1v) is 10.7. The average molecular weight is 465 g/mol. The van der Waals surface area contributed by atoms with Crippen LogP contribution in [0, 0.1) is 11.8 Å². The molecule has 0 aliphatic carbocycles. The van der Waals surface area contributed by atoms with E-state index in [1.807, 2.05) is 18.2 Å². The second-order valence-electron chi connectivity index (χ2n) is 7.71. The molecule has 1 saturated heterocycles. The third kappa shape index (κ3) is 5.31. The molecular formula is C26H22F3N3O2. The molecule has 5 nitrogen and oxygen atoms in total. The molecule has 0 radical (unpaired) electrons. The zero-order valence-corrected chi connectivity index (χ0v) is 18.5. The highest BCUT2D eigenvalue weighted by Crippen LogP contribution is 2.29. The molecular weight excluding hydrogens is 443 g/mol. The maximum atomic E-state index is 13.1. The maximum absolute atomic E-state index is 13.1. The van der Waals surface area contributed by atoms with Gasteiger partial charge in [-0.25, -0.2) is 4.98 Å². The van der Waals surface area contributed by atoms with E-state index in [4.69, 9.17) is 4.74 Å². The Labute approximate surface area is 195 Å². The fourth-order valence-electron chi connectivity index (χ4n) is 3.71. The van der Waals surface area contributed by atoms with Crippen molar-refractivity contribution in [1.82, 2.24) is 9.88 Å². The van der Waals surface area contributed by atoms with Crippen LogP contribution in [-0.2, 0) is 6.18 Å². The lowest BCUT2D eigenvalue weighted by Gasteiger charge is -2.35. The Hall–Kier alpha value is -3.99. The van der Waals surface area contributed by atoms with Crippen LogP contribution in [0.4, 0.5) is 19.0 Å². The molecule has 3 aromatic rings. The van der Waals surface area contributed by atoms with Crippen LogP contribution in [0.1, 0.15) is 27.0 Å². The standard InChI is InChI=1S/C26H22F3N3O2/c1-34-23-11-10-21(18-20(23)9-8-19-5-4-6-22(17-19)26(27,28)29)25(33)32-15-13-31(14-16-32)24-7-2-3-12-30-24/h2-7,10-12,17-18H,13-16H2,1H3. The minimum Gasteiger partial charge on any atom is -0.495 e. The number of ether oxygens (including phenoxy) is 1. The van der Waals surface area contributed by atoms with Crippen LogP contribution < -0.4 is 9.64 Å². The van der Waals surface area contributed by atoms with Crippen molar-refractivity contribution in [1.29, 1.82) is 0 Å². The quantitative estimate of drug-likeness (QED) is 0.536. The molecule has 0 atom stereocenters. The van der Waals surface area contributed by atoms with Crippen molar-refractivity contribution in [3.05, 3.63) is 89.1 Å². The number of methoxy groups -OCH3 is 1. The number of halogens is 3. The van der Waals surface area contributed by atoms with Crippen molar-refractivity contribution in [3.63, 3.8) is 0 Å². The van der Waals surface area contributed by atoms with Gasteiger partial charge in [0, 0.05) is 43.5 Å². The van der Waals surface area contributed by atoms with Crippen LogP contribution in [0.15, 0.2) is 66.9 Å². The van der Waals surface area contributed by atoms with E-state index < -0.39 is 11.7 Å². The van der Waals surface area contributed by atoms with Crippen molar-refractivity contribution >= 4 is 11.7 Å². The number of carbonyl (C=O) groups is 1. The lowest BCUT2D eigenvalue weighted by molar-refractivity contribution is -0.137. The number of alkyl halides is 3. The Balaban J connectivity index is 1.51. The van der Waals surface area contributed by atoms with E-state index in [0.29, 0.717) is 43.1 Å². The smallest absolute Gasteiger partial charge is 0.416 e. The Morgan fingerprint density at radius 1 is 0.971 bits per heavy atom. The van der Waals surface area contributed by atoms with E-state index in [-0.39, 0.29) is 11.5 Å². The molecule has 2 heterocycles. The average Bonchev–Trinajstić information content (AvgIpc) is 2.87. The minimum absolute atomic E-state index is 0.134. The van der Waals surface area contributed by atoms with E-state index in [2.05, 4.69) is 21.7 Å². The Bertz CT molecular complexity index is 1230. The summed E-state index contributed by atoms with van der Waals surface area (Å²) < 4.78 is 44.3. The zero-order valence-electron chi connectivity index (χ0n) is 18.5. The Morgan fingerprint density at radius 2 is 1.76 bits per heavy atom. The summed E-state index contributed by atoms with van der Waals surface area (Å²) in [6.45, 7) is 2.43. The fraction of sp³-hybridized carbons (Fsp3) is 0.231. The number of pyridine rings is 1. The predicted molar refractivity (Wildman–Crippen MR) is 123 cm³/mol. The molecule has 1 aromatic heterocycles. The van der Waals surface area contributed by atoms with Gasteiger partial charge in [-0.15, -0.1) is 0 Å². The number of hydrogen-bond acceptors (Lipinski definition) is 4. The number of piperazine rings is 1. The number of amides is 1. The van der Waals surface area contributed by atoms with Gasteiger partial charge in [-0.2, -0.15) is 13.2 Å². The third-order valence-corrected chi connectivity index (χ3v) is 5.52. The Morgan fingerprint density at radius 3 is 2.44 bits per heavy atom. The highest BCUT2D eigenvalue weighted by atomic mass is 19.4. The highest BCUT2D eigenvalue weighted by Gasteiger charge is 2.30. The van der Waals surface area contributed by atoms with Gasteiger partial charge < -0.3 is 14.5 Å². The van der Waals surface area contributed by atoms with Gasteiger partial charge in [-0.1, -0.05) is 24.0 Å². The molecule has 2 aromatic carbocycles. The number of nitrogens with zero attached hydrogens (tertiary/aromatic N) is 3. The van der Waals surface area contributed by atoms with E-state index >= 15 is 0 Å². The van der Waals surface area contributed by atoms with Crippen LogP contribution in [0.3, 0.4) is 0 Å². The zero-order chi connectivity index (χ0) is 24.1. The van der Waals surface area contributed by atoms with Crippen molar-refractivity contribution in [2.75, 3.05) is 38.2 Å². The van der Waals surface area contributed by atoms with E-state index in [9.17, 15) is 18.0 Å². The van der Waals surface area contributed by atoms with Gasteiger partial charge in [-0.05, 0) is 48.5 Å². The summed E-state index contributed by atoms with van der Waals surface area (Å²) in [6.07, 6.45) is -2.70. The number of benzene rings is 2. The van der Waals surface area contributed by atoms with Gasteiger partial charge in [0.1, 0.15) is 11.6 Å². The SMILES string of the molecule is COc1ccc(C(=O)N2CCN(c3ccccn3)CC2)cc1C#Cc1cccc(C(F)(F)F)c1. The summed E-state index contributed by atoms with van der Waals surface area (Å²) >= 11 is 0. The largest absolute Gasteiger partial charge is 0.495 e. The van der Waals surface area contributed by atoms with E-state index in [1.54, 1.807) is 29.3 Å². The third-order valence-electron chi connectivity index (χ3n) is 5.52. The number of carbonyl (C=O) groups excluding carboxylic acids is 1. The van der Waals surface area contributed by atoms with Gasteiger partial charge in [0.2, 0.25) is 0 Å². The first-order valence-electron chi connectivity index (χ1n) is 10.7. The molecule has 0 spiro atoms. The number of rotatable bonds is 3. The molecule has 8 heteroatoms. The first-order chi connectivity index (χ1) is 16.3. The molecule has 1 aliphatic rings. The second kappa shape index (κ2) is 9.87. The van der Waals surface area contributed by atoms with Crippen molar-refractivity contribution < 1.29 is 22.7 Å². The van der Waals surface area contributed by atoms with Crippen LogP contribution in [0.25, 0.3) is 0 Å². The lowest BCUT2D eigenvalue weighted by Crippen LogP contribution is -2.49.